The molecule has 6 atom stereocenters. The van der Waals surface area contributed by atoms with Gasteiger partial charge in [-0.05, 0) is 93.1 Å². The summed E-state index contributed by atoms with van der Waals surface area (Å²) in [6.45, 7) is 11.2. The number of aryl methyl sites for hydroxylation is 1. The van der Waals surface area contributed by atoms with Crippen LogP contribution in [0.15, 0.2) is 30.4 Å². The monoisotopic (exact) mass is 442 g/mol. The zero-order valence-corrected chi connectivity index (χ0v) is 21.3. The smallest absolute Gasteiger partial charge is 0.171 e. The number of aromatic hydroxyl groups is 1. The molecule has 3 nitrogen and oxygen atoms in total. The molecule has 0 heterocycles. The van der Waals surface area contributed by atoms with Crippen molar-refractivity contribution < 1.29 is 14.6 Å². The standard InChI is InChI=1S/C27H42O3Si/c1-6-8-15-26(30-31(4)5)18-27(29,14-7-2)25(3)16-13-22-21-12-10-20(28)17-19(21)9-11-23(22)24(25)26/h7,10,12,14,17,22-24,28-29,31H,6,8-9,11,13,15-16,18H2,1-5H3/t22-,23-,24+,25+,26?,27+/m1/s1. The summed E-state index contributed by atoms with van der Waals surface area (Å²) >= 11 is 0. The quantitative estimate of drug-likeness (QED) is 0.414. The van der Waals surface area contributed by atoms with E-state index >= 15 is 0 Å². The lowest BCUT2D eigenvalue weighted by molar-refractivity contribution is -0.0971. The van der Waals surface area contributed by atoms with Crippen LogP contribution in [-0.4, -0.2) is 30.5 Å². The number of benzene rings is 1. The lowest BCUT2D eigenvalue weighted by Crippen LogP contribution is -2.54. The second kappa shape index (κ2) is 8.35. The van der Waals surface area contributed by atoms with Gasteiger partial charge < -0.3 is 14.6 Å². The third kappa shape index (κ3) is 3.63. The lowest BCUT2D eigenvalue weighted by atomic mass is 9.51. The van der Waals surface area contributed by atoms with Gasteiger partial charge in [-0.3, -0.25) is 0 Å². The fraction of sp³-hybridized carbons (Fsp3) is 0.704. The molecule has 31 heavy (non-hydrogen) atoms. The van der Waals surface area contributed by atoms with Gasteiger partial charge in [0, 0.05) is 11.8 Å². The summed E-state index contributed by atoms with van der Waals surface area (Å²) in [5, 5.41) is 22.2. The van der Waals surface area contributed by atoms with Crippen LogP contribution in [0.3, 0.4) is 0 Å². The van der Waals surface area contributed by atoms with Crippen molar-refractivity contribution in [1.82, 2.24) is 0 Å². The molecule has 0 aromatic heterocycles. The average molecular weight is 443 g/mol. The molecule has 0 amide bonds. The predicted molar refractivity (Wildman–Crippen MR) is 130 cm³/mol. The van der Waals surface area contributed by atoms with Gasteiger partial charge in [0.2, 0.25) is 0 Å². The molecule has 2 saturated carbocycles. The summed E-state index contributed by atoms with van der Waals surface area (Å²) in [7, 11) is -1.30. The van der Waals surface area contributed by atoms with E-state index in [2.05, 4.69) is 45.2 Å². The van der Waals surface area contributed by atoms with Crippen LogP contribution in [0.25, 0.3) is 0 Å². The highest BCUT2D eigenvalue weighted by molar-refractivity contribution is 6.48. The third-order valence-corrected chi connectivity index (χ3v) is 9.81. The molecular formula is C27H42O3Si. The van der Waals surface area contributed by atoms with Gasteiger partial charge in [-0.25, -0.2) is 0 Å². The van der Waals surface area contributed by atoms with Crippen LogP contribution < -0.4 is 0 Å². The zero-order chi connectivity index (χ0) is 22.4. The Morgan fingerprint density at radius 1 is 1.26 bits per heavy atom. The van der Waals surface area contributed by atoms with Gasteiger partial charge in [-0.2, -0.15) is 0 Å². The molecule has 1 aromatic carbocycles. The average Bonchev–Trinajstić information content (AvgIpc) is 2.89. The third-order valence-electron chi connectivity index (χ3n) is 8.87. The van der Waals surface area contributed by atoms with Gasteiger partial charge >= 0.3 is 0 Å². The summed E-state index contributed by atoms with van der Waals surface area (Å²) < 4.78 is 7.04. The predicted octanol–water partition coefficient (Wildman–Crippen LogP) is 6.09. The van der Waals surface area contributed by atoms with E-state index in [4.69, 9.17) is 4.43 Å². The first-order valence-electron chi connectivity index (χ1n) is 12.6. The summed E-state index contributed by atoms with van der Waals surface area (Å²) in [6, 6.07) is 6.01. The van der Waals surface area contributed by atoms with Crippen LogP contribution in [0, 0.1) is 17.3 Å². The van der Waals surface area contributed by atoms with Gasteiger partial charge in [-0.1, -0.05) is 44.9 Å². The number of aliphatic hydroxyl groups is 1. The van der Waals surface area contributed by atoms with Crippen molar-refractivity contribution in [3.63, 3.8) is 0 Å². The van der Waals surface area contributed by atoms with Crippen molar-refractivity contribution in [1.29, 1.82) is 0 Å². The Kier molecular flexibility index (Phi) is 6.21. The minimum Gasteiger partial charge on any atom is -0.508 e. The Labute approximate surface area is 190 Å². The molecule has 4 rings (SSSR count). The Hall–Kier alpha value is -1.10. The molecule has 0 spiro atoms. The number of fused-ring (bicyclic) bond motifs is 5. The maximum atomic E-state index is 12.1. The first kappa shape index (κ1) is 23.1. The van der Waals surface area contributed by atoms with Gasteiger partial charge in [0.05, 0.1) is 11.2 Å². The van der Waals surface area contributed by atoms with Crippen molar-refractivity contribution >= 4 is 9.04 Å². The van der Waals surface area contributed by atoms with Gasteiger partial charge in [-0.15, -0.1) is 0 Å². The minimum atomic E-state index is -1.30. The summed E-state index contributed by atoms with van der Waals surface area (Å²) in [6.07, 6.45) is 12.5. The highest BCUT2D eigenvalue weighted by Gasteiger charge is 2.70. The molecular weight excluding hydrogens is 400 g/mol. The van der Waals surface area contributed by atoms with Crippen LogP contribution in [0.4, 0.5) is 0 Å². The number of allylic oxidation sites excluding steroid dienone is 1. The summed E-state index contributed by atoms with van der Waals surface area (Å²) in [5.41, 5.74) is 1.57. The molecule has 172 valence electrons. The number of phenolic OH excluding ortho intramolecular Hbond substituents is 1. The van der Waals surface area contributed by atoms with E-state index in [0.717, 1.165) is 51.4 Å². The SMILES string of the molecule is CC=C[C@]1(O)CC(CCCC)(O[SiH](C)C)[C@H]2[C@@H]3CCc4cc(O)ccc4[C@H]3CC[C@@]21C. The van der Waals surface area contributed by atoms with Crippen molar-refractivity contribution in [2.24, 2.45) is 17.3 Å². The Balaban J connectivity index is 1.83. The highest BCUT2D eigenvalue weighted by atomic mass is 28.3. The van der Waals surface area contributed by atoms with Crippen LogP contribution in [0.1, 0.15) is 82.8 Å². The second-order valence-corrected chi connectivity index (χ2v) is 13.4. The zero-order valence-electron chi connectivity index (χ0n) is 20.2. The van der Waals surface area contributed by atoms with E-state index in [1.54, 1.807) is 0 Å². The Morgan fingerprint density at radius 2 is 2.03 bits per heavy atom. The molecule has 3 aliphatic rings. The van der Waals surface area contributed by atoms with Crippen molar-refractivity contribution in [3.8, 4) is 5.75 Å². The number of hydrogen-bond acceptors (Lipinski definition) is 3. The van der Waals surface area contributed by atoms with E-state index in [-0.39, 0.29) is 11.0 Å². The number of phenols is 1. The van der Waals surface area contributed by atoms with Crippen LogP contribution in [0.2, 0.25) is 13.1 Å². The van der Waals surface area contributed by atoms with Gasteiger partial charge in [0.1, 0.15) is 5.75 Å². The fourth-order valence-electron chi connectivity index (χ4n) is 7.89. The van der Waals surface area contributed by atoms with E-state index in [9.17, 15) is 10.2 Å². The molecule has 0 radical (unpaired) electrons. The topological polar surface area (TPSA) is 49.7 Å². The van der Waals surface area contributed by atoms with Crippen molar-refractivity contribution in [2.45, 2.75) is 102 Å². The van der Waals surface area contributed by atoms with Gasteiger partial charge in [0.25, 0.3) is 0 Å². The number of hydrogen-bond donors (Lipinski definition) is 2. The largest absolute Gasteiger partial charge is 0.508 e. The number of unbranched alkanes of at least 4 members (excludes halogenated alkanes) is 1. The summed E-state index contributed by atoms with van der Waals surface area (Å²) in [4.78, 5) is 0. The molecule has 0 aliphatic heterocycles. The fourth-order valence-corrected chi connectivity index (χ4v) is 9.18. The summed E-state index contributed by atoms with van der Waals surface area (Å²) in [5.74, 6) is 1.78. The number of rotatable bonds is 6. The normalized spacial score (nSPS) is 39.5. The van der Waals surface area contributed by atoms with Crippen LogP contribution in [0.5, 0.6) is 5.75 Å². The van der Waals surface area contributed by atoms with Crippen LogP contribution in [-0.2, 0) is 10.8 Å². The molecule has 1 aromatic rings. The maximum absolute atomic E-state index is 12.1. The molecule has 2 fully saturated rings. The van der Waals surface area contributed by atoms with Crippen molar-refractivity contribution in [2.75, 3.05) is 0 Å². The molecule has 2 N–H and O–H groups in total. The Morgan fingerprint density at radius 3 is 2.71 bits per heavy atom. The van der Waals surface area contributed by atoms with E-state index < -0.39 is 14.6 Å². The molecule has 0 saturated heterocycles. The minimum absolute atomic E-state index is 0.161. The van der Waals surface area contributed by atoms with Crippen molar-refractivity contribution in [3.05, 3.63) is 41.5 Å². The first-order chi connectivity index (χ1) is 14.7. The maximum Gasteiger partial charge on any atom is 0.171 e. The molecule has 1 unspecified atom stereocenters. The molecule has 4 heteroatoms. The van der Waals surface area contributed by atoms with Gasteiger partial charge in [0.15, 0.2) is 9.04 Å². The first-order valence-corrected chi connectivity index (χ1v) is 15.3. The molecule has 0 bridgehead atoms. The van der Waals surface area contributed by atoms with E-state index in [1.165, 1.54) is 11.1 Å². The van der Waals surface area contributed by atoms with E-state index in [1.807, 2.05) is 19.1 Å². The van der Waals surface area contributed by atoms with Crippen LogP contribution >= 0.6 is 0 Å². The molecule has 3 aliphatic carbocycles. The highest BCUT2D eigenvalue weighted by Crippen LogP contribution is 2.69. The van der Waals surface area contributed by atoms with E-state index in [0.29, 0.717) is 23.5 Å². The Bertz CT molecular complexity index is 836. The second-order valence-electron chi connectivity index (χ2n) is 11.1. The lowest BCUT2D eigenvalue weighted by Gasteiger charge is -2.55.